The van der Waals surface area contributed by atoms with Gasteiger partial charge in [-0.25, -0.2) is 8.42 Å². The SMILES string of the molecule is CS(=O)(=O)CCC(N)C(=O)NCCC(c1ccccc1)c1ccccc1.Cl. The van der Waals surface area contributed by atoms with Crippen LogP contribution in [-0.4, -0.2) is 38.9 Å². The Kier molecular flexibility index (Phi) is 9.49. The first kappa shape index (κ1) is 23.1. The fourth-order valence-corrected chi connectivity index (χ4v) is 3.52. The van der Waals surface area contributed by atoms with Gasteiger partial charge in [-0.3, -0.25) is 4.79 Å². The van der Waals surface area contributed by atoms with E-state index >= 15 is 0 Å². The van der Waals surface area contributed by atoms with Crippen molar-refractivity contribution in [1.82, 2.24) is 5.32 Å². The number of halogens is 1. The maximum absolute atomic E-state index is 12.1. The number of carbonyl (C=O) groups is 1. The molecule has 0 spiro atoms. The van der Waals surface area contributed by atoms with Crippen LogP contribution in [0, 0.1) is 0 Å². The average molecular weight is 411 g/mol. The van der Waals surface area contributed by atoms with Gasteiger partial charge in [0.15, 0.2) is 0 Å². The van der Waals surface area contributed by atoms with Crippen molar-refractivity contribution < 1.29 is 13.2 Å². The number of hydrogen-bond acceptors (Lipinski definition) is 4. The molecule has 2 aromatic rings. The molecule has 0 bridgehead atoms. The lowest BCUT2D eigenvalue weighted by molar-refractivity contribution is -0.122. The number of carbonyl (C=O) groups excluding carboxylic acids is 1. The molecule has 27 heavy (non-hydrogen) atoms. The number of rotatable bonds is 9. The van der Waals surface area contributed by atoms with Gasteiger partial charge in [0.2, 0.25) is 5.91 Å². The molecule has 0 saturated heterocycles. The van der Waals surface area contributed by atoms with Crippen molar-refractivity contribution >= 4 is 28.2 Å². The smallest absolute Gasteiger partial charge is 0.236 e. The summed E-state index contributed by atoms with van der Waals surface area (Å²) in [5.74, 6) is -0.225. The molecule has 1 atom stereocenters. The summed E-state index contributed by atoms with van der Waals surface area (Å²) in [5, 5.41) is 2.83. The van der Waals surface area contributed by atoms with E-state index in [1.807, 2.05) is 36.4 Å². The average Bonchev–Trinajstić information content (AvgIpc) is 2.64. The van der Waals surface area contributed by atoms with Crippen LogP contribution in [0.5, 0.6) is 0 Å². The first-order chi connectivity index (χ1) is 12.4. The molecular weight excluding hydrogens is 384 g/mol. The minimum Gasteiger partial charge on any atom is -0.355 e. The van der Waals surface area contributed by atoms with E-state index < -0.39 is 15.9 Å². The van der Waals surface area contributed by atoms with Crippen molar-refractivity contribution in [3.63, 3.8) is 0 Å². The van der Waals surface area contributed by atoms with Crippen LogP contribution in [-0.2, 0) is 14.6 Å². The van der Waals surface area contributed by atoms with Crippen LogP contribution < -0.4 is 11.1 Å². The summed E-state index contributed by atoms with van der Waals surface area (Å²) in [6.45, 7) is 0.472. The Morgan fingerprint density at radius 3 is 1.89 bits per heavy atom. The minimum absolute atomic E-state index is 0. The first-order valence-electron chi connectivity index (χ1n) is 8.68. The summed E-state index contributed by atoms with van der Waals surface area (Å²) in [6, 6.07) is 19.5. The van der Waals surface area contributed by atoms with Crippen LogP contribution in [0.2, 0.25) is 0 Å². The molecule has 2 aromatic carbocycles. The second-order valence-electron chi connectivity index (χ2n) is 6.48. The van der Waals surface area contributed by atoms with Crippen LogP contribution in [0.25, 0.3) is 0 Å². The molecule has 7 heteroatoms. The largest absolute Gasteiger partial charge is 0.355 e. The Morgan fingerprint density at radius 2 is 1.44 bits per heavy atom. The third-order valence-corrected chi connectivity index (χ3v) is 5.25. The van der Waals surface area contributed by atoms with E-state index in [2.05, 4.69) is 29.6 Å². The zero-order valence-electron chi connectivity index (χ0n) is 15.4. The number of sulfone groups is 1. The van der Waals surface area contributed by atoms with Gasteiger partial charge in [0.05, 0.1) is 11.8 Å². The highest BCUT2D eigenvalue weighted by Gasteiger charge is 2.17. The Labute approximate surface area is 167 Å². The highest BCUT2D eigenvalue weighted by atomic mass is 35.5. The molecule has 1 unspecified atom stereocenters. The van der Waals surface area contributed by atoms with E-state index in [4.69, 9.17) is 5.73 Å². The van der Waals surface area contributed by atoms with Crippen LogP contribution >= 0.6 is 12.4 Å². The monoisotopic (exact) mass is 410 g/mol. The first-order valence-corrected chi connectivity index (χ1v) is 10.7. The Bertz CT molecular complexity index is 759. The van der Waals surface area contributed by atoms with E-state index in [9.17, 15) is 13.2 Å². The van der Waals surface area contributed by atoms with E-state index in [0.717, 1.165) is 12.7 Å². The van der Waals surface area contributed by atoms with Gasteiger partial charge < -0.3 is 11.1 Å². The van der Waals surface area contributed by atoms with Crippen molar-refractivity contribution in [1.29, 1.82) is 0 Å². The molecule has 148 valence electrons. The van der Waals surface area contributed by atoms with Crippen LogP contribution in [0.1, 0.15) is 29.9 Å². The van der Waals surface area contributed by atoms with Crippen molar-refractivity contribution in [2.45, 2.75) is 24.8 Å². The Balaban J connectivity index is 0.00000364. The molecule has 0 heterocycles. The zero-order valence-corrected chi connectivity index (χ0v) is 17.0. The van der Waals surface area contributed by atoms with Crippen molar-refractivity contribution in [3.05, 3.63) is 71.8 Å². The van der Waals surface area contributed by atoms with E-state index in [1.54, 1.807) is 0 Å². The molecule has 0 aliphatic rings. The van der Waals surface area contributed by atoms with E-state index in [-0.39, 0.29) is 36.4 Å². The summed E-state index contributed by atoms with van der Waals surface area (Å²) >= 11 is 0. The molecule has 0 aromatic heterocycles. The lowest BCUT2D eigenvalue weighted by Gasteiger charge is -2.19. The fourth-order valence-electron chi connectivity index (χ4n) is 2.84. The van der Waals surface area contributed by atoms with Crippen LogP contribution in [0.4, 0.5) is 0 Å². The predicted molar refractivity (Wildman–Crippen MR) is 112 cm³/mol. The van der Waals surface area contributed by atoms with Crippen molar-refractivity contribution in [2.75, 3.05) is 18.6 Å². The quantitative estimate of drug-likeness (QED) is 0.664. The van der Waals surface area contributed by atoms with E-state index in [1.165, 1.54) is 11.1 Å². The van der Waals surface area contributed by atoms with Gasteiger partial charge in [-0.1, -0.05) is 60.7 Å². The molecule has 0 saturated carbocycles. The second-order valence-corrected chi connectivity index (χ2v) is 8.74. The van der Waals surface area contributed by atoms with Gasteiger partial charge in [0.25, 0.3) is 0 Å². The molecule has 0 aliphatic carbocycles. The number of nitrogens with one attached hydrogen (secondary N) is 1. The molecule has 0 radical (unpaired) electrons. The molecule has 5 nitrogen and oxygen atoms in total. The topological polar surface area (TPSA) is 89.3 Å². The number of hydrogen-bond donors (Lipinski definition) is 2. The third kappa shape index (κ3) is 8.12. The number of amides is 1. The molecule has 2 rings (SSSR count). The summed E-state index contributed by atoms with van der Waals surface area (Å²) in [7, 11) is -3.12. The summed E-state index contributed by atoms with van der Waals surface area (Å²) in [4.78, 5) is 12.1. The van der Waals surface area contributed by atoms with Gasteiger partial charge in [0.1, 0.15) is 9.84 Å². The van der Waals surface area contributed by atoms with Crippen LogP contribution in [0.3, 0.4) is 0 Å². The molecule has 0 aliphatic heterocycles. The normalized spacial score (nSPS) is 12.3. The highest BCUT2D eigenvalue weighted by molar-refractivity contribution is 7.90. The van der Waals surface area contributed by atoms with Crippen molar-refractivity contribution in [3.8, 4) is 0 Å². The standard InChI is InChI=1S/C20H26N2O3S.ClH/c1-26(24,25)15-13-19(21)20(23)22-14-12-18(16-8-4-2-5-9-16)17-10-6-3-7-11-17;/h2-11,18-19H,12-15,21H2,1H3,(H,22,23);1H. The molecular formula is C20H27ClN2O3S. The van der Waals surface area contributed by atoms with Crippen LogP contribution in [0.15, 0.2) is 60.7 Å². The lowest BCUT2D eigenvalue weighted by Crippen LogP contribution is -2.42. The second kappa shape index (κ2) is 11.1. The molecule has 1 amide bonds. The summed E-state index contributed by atoms with van der Waals surface area (Å²) in [5.41, 5.74) is 8.17. The molecule has 3 N–H and O–H groups in total. The van der Waals surface area contributed by atoms with Crippen molar-refractivity contribution in [2.24, 2.45) is 5.73 Å². The highest BCUT2D eigenvalue weighted by Crippen LogP contribution is 2.27. The summed E-state index contributed by atoms with van der Waals surface area (Å²) < 4.78 is 22.4. The third-order valence-electron chi connectivity index (χ3n) is 4.27. The number of nitrogens with two attached hydrogens (primary N) is 1. The maximum Gasteiger partial charge on any atom is 0.236 e. The van der Waals surface area contributed by atoms with Gasteiger partial charge in [-0.05, 0) is 24.0 Å². The van der Waals surface area contributed by atoms with Gasteiger partial charge in [-0.15, -0.1) is 12.4 Å². The zero-order chi connectivity index (χ0) is 19.0. The van der Waals surface area contributed by atoms with E-state index in [0.29, 0.717) is 6.54 Å². The Morgan fingerprint density at radius 1 is 0.963 bits per heavy atom. The summed E-state index contributed by atoms with van der Waals surface area (Å²) in [6.07, 6.45) is 2.01. The molecule has 0 fully saturated rings. The lowest BCUT2D eigenvalue weighted by atomic mass is 9.88. The van der Waals surface area contributed by atoms with Gasteiger partial charge in [-0.2, -0.15) is 0 Å². The minimum atomic E-state index is -3.12. The Hall–Kier alpha value is -1.89. The predicted octanol–water partition coefficient (Wildman–Crippen LogP) is 2.51. The maximum atomic E-state index is 12.1. The number of benzene rings is 2. The van der Waals surface area contributed by atoms with Gasteiger partial charge >= 0.3 is 0 Å². The fraction of sp³-hybridized carbons (Fsp3) is 0.350. The van der Waals surface area contributed by atoms with Gasteiger partial charge in [0, 0.05) is 18.7 Å².